The van der Waals surface area contributed by atoms with Crippen LogP contribution in [0.2, 0.25) is 0 Å². The Bertz CT molecular complexity index is 654. The highest BCUT2D eigenvalue weighted by atomic mass is 16.6. The summed E-state index contributed by atoms with van der Waals surface area (Å²) in [4.78, 5) is 10.3. The zero-order chi connectivity index (χ0) is 15.4. The topological polar surface area (TPSA) is 72.6 Å². The molecule has 0 saturated carbocycles. The number of hydrogen-bond acceptors (Lipinski definition) is 4. The Morgan fingerprint density at radius 3 is 2.57 bits per heavy atom. The highest BCUT2D eigenvalue weighted by molar-refractivity contribution is 5.46. The molecular formula is C16H17NO4. The maximum Gasteiger partial charge on any atom is 0.269 e. The van der Waals surface area contributed by atoms with E-state index in [0.29, 0.717) is 29.0 Å². The van der Waals surface area contributed by atoms with Crippen LogP contribution in [0.3, 0.4) is 0 Å². The van der Waals surface area contributed by atoms with Gasteiger partial charge in [-0.05, 0) is 31.0 Å². The van der Waals surface area contributed by atoms with E-state index < -0.39 is 11.0 Å². The Balaban J connectivity index is 2.33. The van der Waals surface area contributed by atoms with E-state index in [-0.39, 0.29) is 5.69 Å². The van der Waals surface area contributed by atoms with Crippen LogP contribution in [0.15, 0.2) is 42.5 Å². The van der Waals surface area contributed by atoms with Gasteiger partial charge in [0.15, 0.2) is 0 Å². The molecule has 0 fully saturated rings. The molecule has 5 nitrogen and oxygen atoms in total. The first-order valence-corrected chi connectivity index (χ1v) is 6.72. The molecule has 5 heteroatoms. The van der Waals surface area contributed by atoms with Gasteiger partial charge in [-0.25, -0.2) is 0 Å². The fourth-order valence-corrected chi connectivity index (χ4v) is 2.05. The van der Waals surface area contributed by atoms with Crippen LogP contribution in [-0.4, -0.2) is 10.0 Å². The first-order valence-electron chi connectivity index (χ1n) is 6.72. The second-order valence-corrected chi connectivity index (χ2v) is 4.77. The number of aryl methyl sites for hydroxylation is 1. The van der Waals surface area contributed by atoms with Gasteiger partial charge in [-0.1, -0.05) is 25.1 Å². The Labute approximate surface area is 123 Å². The van der Waals surface area contributed by atoms with Crippen molar-refractivity contribution in [3.8, 4) is 11.5 Å². The highest BCUT2D eigenvalue weighted by Crippen LogP contribution is 2.33. The van der Waals surface area contributed by atoms with E-state index in [4.69, 9.17) is 4.74 Å². The molecule has 2 aromatic rings. The first kappa shape index (κ1) is 15.0. The lowest BCUT2D eigenvalue weighted by Crippen LogP contribution is -1.99. The van der Waals surface area contributed by atoms with Gasteiger partial charge >= 0.3 is 0 Å². The van der Waals surface area contributed by atoms with Crippen molar-refractivity contribution < 1.29 is 14.8 Å². The summed E-state index contributed by atoms with van der Waals surface area (Å²) in [5.41, 5.74) is 1.41. The molecule has 1 unspecified atom stereocenters. The molecule has 0 aliphatic carbocycles. The largest absolute Gasteiger partial charge is 0.457 e. The standard InChI is InChI=1S/C16H17NO4/c1-3-14(18)13-6-4-5-7-16(13)21-15-9-8-12(17(19)20)10-11(15)2/h4-10,14,18H,3H2,1-2H3. The van der Waals surface area contributed by atoms with Crippen molar-refractivity contribution in [1.29, 1.82) is 0 Å². The minimum absolute atomic E-state index is 0.0294. The summed E-state index contributed by atoms with van der Waals surface area (Å²) in [5.74, 6) is 1.10. The van der Waals surface area contributed by atoms with Crippen molar-refractivity contribution in [2.75, 3.05) is 0 Å². The van der Waals surface area contributed by atoms with Gasteiger partial charge in [0.05, 0.1) is 11.0 Å². The van der Waals surface area contributed by atoms with Gasteiger partial charge in [-0.15, -0.1) is 0 Å². The van der Waals surface area contributed by atoms with Crippen molar-refractivity contribution in [3.05, 3.63) is 63.7 Å². The molecule has 21 heavy (non-hydrogen) atoms. The third kappa shape index (κ3) is 3.38. The van der Waals surface area contributed by atoms with Gasteiger partial charge < -0.3 is 9.84 Å². The maximum absolute atomic E-state index is 10.7. The molecule has 1 atom stereocenters. The average Bonchev–Trinajstić information content (AvgIpc) is 2.49. The quantitative estimate of drug-likeness (QED) is 0.662. The van der Waals surface area contributed by atoms with Gasteiger partial charge in [-0.3, -0.25) is 10.1 Å². The normalized spacial score (nSPS) is 12.0. The number of non-ortho nitro benzene ring substituents is 1. The van der Waals surface area contributed by atoms with Crippen molar-refractivity contribution in [2.24, 2.45) is 0 Å². The van der Waals surface area contributed by atoms with Crippen molar-refractivity contribution in [2.45, 2.75) is 26.4 Å². The van der Waals surface area contributed by atoms with Crippen molar-refractivity contribution in [3.63, 3.8) is 0 Å². The molecule has 110 valence electrons. The summed E-state index contributed by atoms with van der Waals surface area (Å²) in [6, 6.07) is 11.7. The Kier molecular flexibility index (Phi) is 4.55. The number of hydrogen-bond donors (Lipinski definition) is 1. The number of nitrogens with zero attached hydrogens (tertiary/aromatic N) is 1. The number of para-hydroxylation sites is 1. The van der Waals surface area contributed by atoms with Crippen LogP contribution in [0.1, 0.15) is 30.6 Å². The zero-order valence-electron chi connectivity index (χ0n) is 11.9. The van der Waals surface area contributed by atoms with Crippen LogP contribution in [-0.2, 0) is 0 Å². The predicted octanol–water partition coefficient (Wildman–Crippen LogP) is 4.14. The number of nitro groups is 1. The van der Waals surface area contributed by atoms with Gasteiger partial charge in [0.2, 0.25) is 0 Å². The van der Waals surface area contributed by atoms with Gasteiger partial charge in [0, 0.05) is 17.7 Å². The van der Waals surface area contributed by atoms with E-state index in [1.54, 1.807) is 19.1 Å². The molecule has 0 amide bonds. The molecule has 2 rings (SSSR count). The summed E-state index contributed by atoms with van der Waals surface area (Å²) in [6.07, 6.45) is -0.0147. The summed E-state index contributed by atoms with van der Waals surface area (Å²) in [6.45, 7) is 3.64. The highest BCUT2D eigenvalue weighted by Gasteiger charge is 2.14. The number of rotatable bonds is 5. The fourth-order valence-electron chi connectivity index (χ4n) is 2.05. The Hall–Kier alpha value is -2.40. The fraction of sp³-hybridized carbons (Fsp3) is 0.250. The third-order valence-corrected chi connectivity index (χ3v) is 3.25. The molecule has 0 aliphatic rings. The molecule has 0 radical (unpaired) electrons. The molecule has 2 aromatic carbocycles. The summed E-state index contributed by atoms with van der Waals surface area (Å²) in [7, 11) is 0. The molecule has 0 heterocycles. The predicted molar refractivity (Wildman–Crippen MR) is 79.6 cm³/mol. The number of aliphatic hydroxyl groups excluding tert-OH is 1. The van der Waals surface area contributed by atoms with Crippen LogP contribution < -0.4 is 4.74 Å². The van der Waals surface area contributed by atoms with Crippen LogP contribution in [0, 0.1) is 17.0 Å². The molecule has 0 aromatic heterocycles. The monoisotopic (exact) mass is 287 g/mol. The molecule has 0 bridgehead atoms. The van der Waals surface area contributed by atoms with Crippen LogP contribution in [0.5, 0.6) is 11.5 Å². The number of aliphatic hydroxyl groups is 1. The first-order chi connectivity index (χ1) is 10.0. The van der Waals surface area contributed by atoms with Gasteiger partial charge in [-0.2, -0.15) is 0 Å². The van der Waals surface area contributed by atoms with E-state index >= 15 is 0 Å². The molecular weight excluding hydrogens is 270 g/mol. The SMILES string of the molecule is CCC(O)c1ccccc1Oc1ccc([N+](=O)[O-])cc1C. The van der Waals surface area contributed by atoms with E-state index in [1.807, 2.05) is 25.1 Å². The maximum atomic E-state index is 10.7. The minimum Gasteiger partial charge on any atom is -0.457 e. The van der Waals surface area contributed by atoms with E-state index in [1.165, 1.54) is 12.1 Å². The lowest BCUT2D eigenvalue weighted by atomic mass is 10.1. The van der Waals surface area contributed by atoms with Gasteiger partial charge in [0.1, 0.15) is 11.5 Å². The molecule has 0 aliphatic heterocycles. The second-order valence-electron chi connectivity index (χ2n) is 4.77. The Morgan fingerprint density at radius 2 is 1.95 bits per heavy atom. The number of nitro benzene ring substituents is 1. The lowest BCUT2D eigenvalue weighted by Gasteiger charge is -2.15. The van der Waals surface area contributed by atoms with Crippen LogP contribution >= 0.6 is 0 Å². The number of benzene rings is 2. The molecule has 0 saturated heterocycles. The van der Waals surface area contributed by atoms with E-state index in [2.05, 4.69) is 0 Å². The smallest absolute Gasteiger partial charge is 0.269 e. The minimum atomic E-state index is -0.598. The molecule has 0 spiro atoms. The van der Waals surface area contributed by atoms with Crippen molar-refractivity contribution in [1.82, 2.24) is 0 Å². The van der Waals surface area contributed by atoms with Crippen molar-refractivity contribution >= 4 is 5.69 Å². The second kappa shape index (κ2) is 6.37. The summed E-state index contributed by atoms with van der Waals surface area (Å²) < 4.78 is 5.82. The zero-order valence-corrected chi connectivity index (χ0v) is 11.9. The number of ether oxygens (including phenoxy) is 1. The average molecular weight is 287 g/mol. The molecule has 1 N–H and O–H groups in total. The Morgan fingerprint density at radius 1 is 1.24 bits per heavy atom. The van der Waals surface area contributed by atoms with Crippen LogP contribution in [0.4, 0.5) is 5.69 Å². The van der Waals surface area contributed by atoms with E-state index in [9.17, 15) is 15.2 Å². The van der Waals surface area contributed by atoms with E-state index in [0.717, 1.165) is 0 Å². The van der Waals surface area contributed by atoms with Crippen LogP contribution in [0.25, 0.3) is 0 Å². The summed E-state index contributed by atoms with van der Waals surface area (Å²) in [5, 5.41) is 20.7. The lowest BCUT2D eigenvalue weighted by molar-refractivity contribution is -0.384. The van der Waals surface area contributed by atoms with Gasteiger partial charge in [0.25, 0.3) is 5.69 Å². The summed E-state index contributed by atoms with van der Waals surface area (Å²) >= 11 is 0. The third-order valence-electron chi connectivity index (χ3n) is 3.25.